The summed E-state index contributed by atoms with van der Waals surface area (Å²) in [5.41, 5.74) is 10.6. The van der Waals surface area contributed by atoms with Gasteiger partial charge in [0.15, 0.2) is 0 Å². The minimum atomic E-state index is -3.85. The Morgan fingerprint density at radius 3 is 2.18 bits per heavy atom. The zero-order chi connectivity index (χ0) is 28.3. The quantitative estimate of drug-likeness (QED) is 0.227. The number of hydrogen-bond donors (Lipinski definition) is 3. The van der Waals surface area contributed by atoms with Gasteiger partial charge in [0.05, 0.1) is 12.0 Å². The number of aliphatic imine (C=N–C) groups is 1. The molecule has 38 heavy (non-hydrogen) atoms. The summed E-state index contributed by atoms with van der Waals surface area (Å²) in [4.78, 5) is 26.6. The number of amides is 1. The molecule has 0 saturated carbocycles. The average molecular weight is 539 g/mol. The van der Waals surface area contributed by atoms with E-state index in [1.165, 1.54) is 13.2 Å². The van der Waals surface area contributed by atoms with E-state index in [0.717, 1.165) is 16.7 Å². The molecule has 202 valence electrons. The maximum atomic E-state index is 12.5. The monoisotopic (exact) mass is 538 g/mol. The number of nitrogens with one attached hydrogen (secondary N) is 1. The molecule has 5 N–H and O–H groups in total. The maximum Gasteiger partial charge on any atom is 0.305 e. The Labute approximate surface area is 224 Å². The van der Waals surface area contributed by atoms with Crippen molar-refractivity contribution >= 4 is 27.7 Å². The van der Waals surface area contributed by atoms with Crippen molar-refractivity contribution in [2.24, 2.45) is 15.9 Å². The van der Waals surface area contributed by atoms with E-state index in [2.05, 4.69) is 15.0 Å². The van der Waals surface area contributed by atoms with E-state index < -0.39 is 10.0 Å². The van der Waals surface area contributed by atoms with Gasteiger partial charge in [-0.05, 0) is 54.3 Å². The Morgan fingerprint density at radius 1 is 1.00 bits per heavy atom. The summed E-state index contributed by atoms with van der Waals surface area (Å²) in [7, 11) is -0.827. The molecule has 3 aromatic rings. The molecule has 0 spiro atoms. The molecule has 3 aromatic carbocycles. The highest BCUT2D eigenvalue weighted by atomic mass is 32.2. The zero-order valence-corrected chi connectivity index (χ0v) is 22.8. The van der Waals surface area contributed by atoms with Crippen LogP contribution in [-0.4, -0.2) is 46.8 Å². The zero-order valence-electron chi connectivity index (χ0n) is 22.0. The Bertz CT molecular complexity index is 1390. The first-order valence-electron chi connectivity index (χ1n) is 11.9. The molecule has 0 atom stereocenters. The molecule has 10 heteroatoms. The predicted molar refractivity (Wildman–Crippen MR) is 149 cm³/mol. The predicted octanol–water partition coefficient (Wildman–Crippen LogP) is 3.19. The summed E-state index contributed by atoms with van der Waals surface area (Å²) in [6.07, 6.45) is 1.12. The molecule has 0 radical (unpaired) electrons. The van der Waals surface area contributed by atoms with Gasteiger partial charge in [0.25, 0.3) is 5.91 Å². The molecule has 0 aliphatic heterocycles. The van der Waals surface area contributed by atoms with Gasteiger partial charge in [-0.15, -0.1) is 0 Å². The van der Waals surface area contributed by atoms with E-state index in [1.54, 1.807) is 56.4 Å². The van der Waals surface area contributed by atoms with Crippen LogP contribution in [0.25, 0.3) is 11.1 Å². The SMILES string of the molecule is CCC(=O)OC.CN=C(N)c1ccc(C)c(CCNC(=O)c2ccc(-c3ccccc3S(N)(=O)=O)cc2)c1. The normalized spacial score (nSPS) is 11.2. The Hall–Kier alpha value is -4.02. The lowest BCUT2D eigenvalue weighted by atomic mass is 10.0. The van der Waals surface area contributed by atoms with Crippen molar-refractivity contribution < 1.29 is 22.7 Å². The van der Waals surface area contributed by atoms with E-state index in [0.29, 0.717) is 41.9 Å². The molecule has 3 rings (SSSR count). The van der Waals surface area contributed by atoms with Crippen LogP contribution in [0.15, 0.2) is 76.6 Å². The molecule has 0 aliphatic rings. The number of primary sulfonamides is 1. The van der Waals surface area contributed by atoms with Crippen LogP contribution in [0, 0.1) is 6.92 Å². The van der Waals surface area contributed by atoms with Gasteiger partial charge in [0.2, 0.25) is 10.0 Å². The van der Waals surface area contributed by atoms with Gasteiger partial charge in [-0.25, -0.2) is 13.6 Å². The molecule has 0 bridgehead atoms. The summed E-state index contributed by atoms with van der Waals surface area (Å²) in [5.74, 6) is 0.106. The third-order valence-corrected chi connectivity index (χ3v) is 6.70. The Balaban J connectivity index is 0.000000757. The van der Waals surface area contributed by atoms with Crippen molar-refractivity contribution in [3.63, 3.8) is 0 Å². The van der Waals surface area contributed by atoms with Crippen molar-refractivity contribution in [2.45, 2.75) is 31.6 Å². The van der Waals surface area contributed by atoms with Crippen molar-refractivity contribution in [3.05, 3.63) is 89.0 Å². The number of nitrogens with zero attached hydrogens (tertiary/aromatic N) is 1. The maximum absolute atomic E-state index is 12.5. The number of methoxy groups -OCH3 is 1. The van der Waals surface area contributed by atoms with Crippen LogP contribution in [0.4, 0.5) is 0 Å². The summed E-state index contributed by atoms with van der Waals surface area (Å²) in [5, 5.41) is 8.23. The van der Waals surface area contributed by atoms with Crippen LogP contribution in [0.3, 0.4) is 0 Å². The summed E-state index contributed by atoms with van der Waals surface area (Å²) < 4.78 is 27.9. The number of aryl methyl sites for hydroxylation is 1. The summed E-state index contributed by atoms with van der Waals surface area (Å²) >= 11 is 0. The van der Waals surface area contributed by atoms with Crippen molar-refractivity contribution in [1.82, 2.24) is 5.32 Å². The van der Waals surface area contributed by atoms with Gasteiger partial charge in [-0.2, -0.15) is 0 Å². The van der Waals surface area contributed by atoms with Gasteiger partial charge in [-0.1, -0.05) is 49.4 Å². The van der Waals surface area contributed by atoms with Crippen molar-refractivity contribution in [3.8, 4) is 11.1 Å². The number of ether oxygens (including phenoxy) is 1. The van der Waals surface area contributed by atoms with Crippen LogP contribution in [0.5, 0.6) is 0 Å². The second kappa shape index (κ2) is 14.1. The lowest BCUT2D eigenvalue weighted by molar-refractivity contribution is -0.140. The number of carbonyl (C=O) groups excluding carboxylic acids is 2. The van der Waals surface area contributed by atoms with Crippen LogP contribution >= 0.6 is 0 Å². The summed E-state index contributed by atoms with van der Waals surface area (Å²) in [6, 6.07) is 19.1. The third kappa shape index (κ3) is 8.53. The van der Waals surface area contributed by atoms with E-state index in [9.17, 15) is 18.0 Å². The second-order valence-electron chi connectivity index (χ2n) is 8.30. The second-order valence-corrected chi connectivity index (χ2v) is 9.83. The molecular weight excluding hydrogens is 504 g/mol. The average Bonchev–Trinajstić information content (AvgIpc) is 2.93. The fourth-order valence-electron chi connectivity index (χ4n) is 3.54. The number of carbonyl (C=O) groups is 2. The highest BCUT2D eigenvalue weighted by Crippen LogP contribution is 2.26. The third-order valence-electron chi connectivity index (χ3n) is 5.73. The topological polar surface area (TPSA) is 154 Å². The molecule has 0 fully saturated rings. The first-order chi connectivity index (χ1) is 18.0. The number of benzene rings is 3. The van der Waals surface area contributed by atoms with Crippen LogP contribution in [0.2, 0.25) is 0 Å². The first kappa shape index (κ1) is 30.2. The van der Waals surface area contributed by atoms with Crippen molar-refractivity contribution in [1.29, 1.82) is 0 Å². The standard InChI is InChI=1S/C24H26N4O3S.C4H8O2/c1-16-7-8-20(23(25)27-2)15-19(16)13-14-28-24(29)18-11-9-17(10-12-18)21-5-3-4-6-22(21)32(26,30)31;1-3-4(5)6-2/h3-12,15H,13-14H2,1-2H3,(H2,25,27)(H,28,29)(H2,26,30,31);3H2,1-2H3. The number of esters is 1. The Morgan fingerprint density at radius 2 is 1.63 bits per heavy atom. The van der Waals surface area contributed by atoms with E-state index in [-0.39, 0.29) is 16.8 Å². The van der Waals surface area contributed by atoms with Gasteiger partial charge >= 0.3 is 5.97 Å². The van der Waals surface area contributed by atoms with Gasteiger partial charge in [0, 0.05) is 36.7 Å². The molecule has 0 unspecified atom stereocenters. The number of hydrogen-bond acceptors (Lipinski definition) is 6. The highest BCUT2D eigenvalue weighted by molar-refractivity contribution is 7.89. The van der Waals surface area contributed by atoms with Gasteiger partial charge in [-0.3, -0.25) is 14.6 Å². The van der Waals surface area contributed by atoms with Crippen molar-refractivity contribution in [2.75, 3.05) is 20.7 Å². The van der Waals surface area contributed by atoms with E-state index >= 15 is 0 Å². The highest BCUT2D eigenvalue weighted by Gasteiger charge is 2.15. The molecular formula is C28H34N4O5S. The molecule has 0 aromatic heterocycles. The fraction of sp³-hybridized carbons (Fsp3) is 0.250. The summed E-state index contributed by atoms with van der Waals surface area (Å²) in [6.45, 7) is 4.23. The van der Waals surface area contributed by atoms with E-state index in [1.807, 2.05) is 25.1 Å². The molecule has 1 amide bonds. The Kier molecular flexibility index (Phi) is 11.2. The first-order valence-corrected chi connectivity index (χ1v) is 13.5. The molecule has 0 saturated heterocycles. The number of sulfonamides is 1. The van der Waals surface area contributed by atoms with E-state index in [4.69, 9.17) is 10.9 Å². The molecule has 0 aliphatic carbocycles. The minimum Gasteiger partial charge on any atom is -0.469 e. The fourth-order valence-corrected chi connectivity index (χ4v) is 4.30. The lowest BCUT2D eigenvalue weighted by Crippen LogP contribution is -2.26. The minimum absolute atomic E-state index is 0.0450. The smallest absolute Gasteiger partial charge is 0.305 e. The number of nitrogens with two attached hydrogens (primary N) is 2. The van der Waals surface area contributed by atoms with Crippen LogP contribution in [-0.2, 0) is 26.0 Å². The van der Waals surface area contributed by atoms with Crippen LogP contribution in [0.1, 0.15) is 40.4 Å². The number of rotatable bonds is 8. The molecule has 0 heterocycles. The molecule has 9 nitrogen and oxygen atoms in total. The largest absolute Gasteiger partial charge is 0.469 e. The van der Waals surface area contributed by atoms with Crippen LogP contribution < -0.4 is 16.2 Å². The number of amidine groups is 1. The van der Waals surface area contributed by atoms with Gasteiger partial charge < -0.3 is 15.8 Å². The lowest BCUT2D eigenvalue weighted by Gasteiger charge is -2.11. The van der Waals surface area contributed by atoms with Gasteiger partial charge in [0.1, 0.15) is 5.84 Å².